The summed E-state index contributed by atoms with van der Waals surface area (Å²) in [4.78, 5) is 0. The average molecular weight is 356 g/mol. The van der Waals surface area contributed by atoms with E-state index in [0.717, 1.165) is 4.68 Å². The van der Waals surface area contributed by atoms with Crippen molar-refractivity contribution in [1.29, 1.82) is 0 Å². The molecule has 1 aromatic carbocycles. The van der Waals surface area contributed by atoms with Crippen LogP contribution in [0.5, 0.6) is 0 Å². The van der Waals surface area contributed by atoms with Crippen molar-refractivity contribution in [2.75, 3.05) is 0 Å². The molecule has 2 rings (SSSR count). The maximum absolute atomic E-state index is 12.8. The number of hydrogen-bond donors (Lipinski definition) is 1. The Morgan fingerprint density at radius 2 is 2.05 bits per heavy atom. The summed E-state index contributed by atoms with van der Waals surface area (Å²) in [6.45, 7) is -0.832. The average Bonchev–Trinajstić information content (AvgIpc) is 2.66. The molecule has 0 aliphatic rings. The molecule has 2 aromatic rings. The molecular weight excluding hydrogens is 348 g/mol. The summed E-state index contributed by atoms with van der Waals surface area (Å²) in [5.74, 6) is 0. The zero-order chi connectivity index (χ0) is 14.2. The molecule has 0 saturated heterocycles. The molecule has 0 atom stereocenters. The number of aliphatic hydroxyl groups is 1. The van der Waals surface area contributed by atoms with Gasteiger partial charge < -0.3 is 5.11 Å². The summed E-state index contributed by atoms with van der Waals surface area (Å²) < 4.78 is 39.9. The molecule has 0 aliphatic carbocycles. The van der Waals surface area contributed by atoms with Crippen LogP contribution in [0.2, 0.25) is 5.15 Å². The monoisotopic (exact) mass is 354 g/mol. The van der Waals surface area contributed by atoms with Gasteiger partial charge >= 0.3 is 6.18 Å². The molecule has 0 bridgehead atoms. The minimum absolute atomic E-state index is 0.257. The molecule has 1 aromatic heterocycles. The van der Waals surface area contributed by atoms with E-state index in [-0.39, 0.29) is 5.15 Å². The van der Waals surface area contributed by atoms with Gasteiger partial charge in [-0.2, -0.15) is 18.3 Å². The SMILES string of the molecule is OCc1c(C(F)(F)F)nn(-c2cccc(Br)c2)c1Cl. The lowest BCUT2D eigenvalue weighted by Crippen LogP contribution is -2.09. The Bertz CT molecular complexity index is 612. The third-order valence-corrected chi connectivity index (χ3v) is 3.28. The van der Waals surface area contributed by atoms with E-state index in [9.17, 15) is 13.2 Å². The molecule has 1 heterocycles. The van der Waals surface area contributed by atoms with Gasteiger partial charge in [-0.25, -0.2) is 4.68 Å². The lowest BCUT2D eigenvalue weighted by atomic mass is 10.2. The molecule has 0 aliphatic heterocycles. The number of rotatable bonds is 2. The molecule has 19 heavy (non-hydrogen) atoms. The van der Waals surface area contributed by atoms with E-state index in [0.29, 0.717) is 10.2 Å². The third kappa shape index (κ3) is 2.77. The summed E-state index contributed by atoms with van der Waals surface area (Å²) in [7, 11) is 0. The molecule has 0 spiro atoms. The second-order valence-electron chi connectivity index (χ2n) is 3.67. The Morgan fingerprint density at radius 1 is 1.37 bits per heavy atom. The van der Waals surface area contributed by atoms with Crippen LogP contribution >= 0.6 is 27.5 Å². The van der Waals surface area contributed by atoms with Gasteiger partial charge in [0.15, 0.2) is 5.69 Å². The van der Waals surface area contributed by atoms with Crippen molar-refractivity contribution in [3.8, 4) is 5.69 Å². The van der Waals surface area contributed by atoms with Crippen molar-refractivity contribution < 1.29 is 18.3 Å². The highest BCUT2D eigenvalue weighted by Crippen LogP contribution is 2.35. The van der Waals surface area contributed by atoms with Crippen LogP contribution in [0.4, 0.5) is 13.2 Å². The Kier molecular flexibility index (Phi) is 3.89. The molecule has 0 unspecified atom stereocenters. The van der Waals surface area contributed by atoms with Gasteiger partial charge in [-0.1, -0.05) is 33.6 Å². The normalized spacial score (nSPS) is 11.9. The summed E-state index contributed by atoms with van der Waals surface area (Å²) in [5.41, 5.74) is -1.25. The molecule has 8 heteroatoms. The molecule has 3 nitrogen and oxygen atoms in total. The van der Waals surface area contributed by atoms with Gasteiger partial charge in [-0.15, -0.1) is 0 Å². The van der Waals surface area contributed by atoms with Crippen LogP contribution in [-0.2, 0) is 12.8 Å². The predicted octanol–water partition coefficient (Wildman–Crippen LogP) is 3.80. The van der Waals surface area contributed by atoms with E-state index in [2.05, 4.69) is 21.0 Å². The first kappa shape index (κ1) is 14.4. The van der Waals surface area contributed by atoms with Crippen molar-refractivity contribution in [3.63, 3.8) is 0 Å². The van der Waals surface area contributed by atoms with E-state index in [1.807, 2.05) is 0 Å². The fraction of sp³-hybridized carbons (Fsp3) is 0.182. The first-order valence-electron chi connectivity index (χ1n) is 5.06. The van der Waals surface area contributed by atoms with Gasteiger partial charge in [0, 0.05) is 10.0 Å². The second kappa shape index (κ2) is 5.15. The Labute approximate surface area is 119 Å². The number of alkyl halides is 3. The van der Waals surface area contributed by atoms with E-state index in [1.165, 1.54) is 0 Å². The van der Waals surface area contributed by atoms with Crippen LogP contribution in [0.15, 0.2) is 28.7 Å². The number of benzene rings is 1. The fourth-order valence-corrected chi connectivity index (χ4v) is 2.25. The van der Waals surface area contributed by atoms with E-state index >= 15 is 0 Å². The summed E-state index contributed by atoms with van der Waals surface area (Å²) in [5, 5.41) is 12.2. The third-order valence-electron chi connectivity index (χ3n) is 2.40. The van der Waals surface area contributed by atoms with Gasteiger partial charge in [-0.3, -0.25) is 0 Å². The second-order valence-corrected chi connectivity index (χ2v) is 4.94. The van der Waals surface area contributed by atoms with Gasteiger partial charge in [0.1, 0.15) is 5.15 Å². The van der Waals surface area contributed by atoms with E-state index < -0.39 is 24.0 Å². The zero-order valence-electron chi connectivity index (χ0n) is 9.25. The Morgan fingerprint density at radius 3 is 2.53 bits per heavy atom. The smallest absolute Gasteiger partial charge is 0.391 e. The number of hydrogen-bond acceptors (Lipinski definition) is 2. The lowest BCUT2D eigenvalue weighted by Gasteiger charge is -2.04. The van der Waals surface area contributed by atoms with Gasteiger partial charge in [0.2, 0.25) is 0 Å². The number of nitrogens with zero attached hydrogens (tertiary/aromatic N) is 2. The van der Waals surface area contributed by atoms with Crippen LogP contribution < -0.4 is 0 Å². The Balaban J connectivity index is 2.63. The quantitative estimate of drug-likeness (QED) is 0.890. The summed E-state index contributed by atoms with van der Waals surface area (Å²) >= 11 is 9.06. The van der Waals surface area contributed by atoms with Crippen LogP contribution in [0.3, 0.4) is 0 Å². The molecule has 102 valence electrons. The van der Waals surface area contributed by atoms with Crippen LogP contribution in [0.25, 0.3) is 5.69 Å². The van der Waals surface area contributed by atoms with Crippen LogP contribution in [0, 0.1) is 0 Å². The van der Waals surface area contributed by atoms with Crippen LogP contribution in [-0.4, -0.2) is 14.9 Å². The number of halogens is 5. The largest absolute Gasteiger partial charge is 0.435 e. The molecule has 0 fully saturated rings. The van der Waals surface area contributed by atoms with Crippen molar-refractivity contribution in [3.05, 3.63) is 45.1 Å². The number of aliphatic hydroxyl groups excluding tert-OH is 1. The molecular formula is C11H7BrClF3N2O. The van der Waals surface area contributed by atoms with Crippen LogP contribution in [0.1, 0.15) is 11.3 Å². The molecule has 0 radical (unpaired) electrons. The van der Waals surface area contributed by atoms with E-state index in [1.54, 1.807) is 24.3 Å². The first-order chi connectivity index (χ1) is 8.84. The van der Waals surface area contributed by atoms with Crippen molar-refractivity contribution in [2.45, 2.75) is 12.8 Å². The zero-order valence-corrected chi connectivity index (χ0v) is 11.6. The molecule has 0 amide bonds. The van der Waals surface area contributed by atoms with Crippen molar-refractivity contribution in [1.82, 2.24) is 9.78 Å². The standard InChI is InChI=1S/C11H7BrClF3N2O/c12-6-2-1-3-7(4-6)18-10(13)8(5-19)9(17-18)11(14,15)16/h1-4,19H,5H2. The summed E-state index contributed by atoms with van der Waals surface area (Å²) in [6, 6.07) is 6.49. The fourth-order valence-electron chi connectivity index (χ4n) is 1.58. The maximum Gasteiger partial charge on any atom is 0.435 e. The molecule has 1 N–H and O–H groups in total. The van der Waals surface area contributed by atoms with Gasteiger partial charge in [0.25, 0.3) is 0 Å². The Hall–Kier alpha value is -1.05. The van der Waals surface area contributed by atoms with E-state index in [4.69, 9.17) is 16.7 Å². The topological polar surface area (TPSA) is 38.1 Å². The lowest BCUT2D eigenvalue weighted by molar-refractivity contribution is -0.142. The highest BCUT2D eigenvalue weighted by molar-refractivity contribution is 9.10. The molecule has 0 saturated carbocycles. The summed E-state index contributed by atoms with van der Waals surface area (Å²) in [6.07, 6.45) is -4.67. The van der Waals surface area contributed by atoms with Crippen molar-refractivity contribution in [2.24, 2.45) is 0 Å². The first-order valence-corrected chi connectivity index (χ1v) is 6.23. The maximum atomic E-state index is 12.8. The number of aromatic nitrogens is 2. The minimum Gasteiger partial charge on any atom is -0.391 e. The highest BCUT2D eigenvalue weighted by Gasteiger charge is 2.39. The van der Waals surface area contributed by atoms with Crippen molar-refractivity contribution >= 4 is 27.5 Å². The minimum atomic E-state index is -4.67. The van der Waals surface area contributed by atoms with Gasteiger partial charge in [0.05, 0.1) is 12.3 Å². The van der Waals surface area contributed by atoms with Gasteiger partial charge in [-0.05, 0) is 18.2 Å². The predicted molar refractivity (Wildman–Crippen MR) is 67.2 cm³/mol. The highest BCUT2D eigenvalue weighted by atomic mass is 79.9.